The highest BCUT2D eigenvalue weighted by atomic mass is 16.5. The monoisotopic (exact) mass is 438 g/mol. The number of para-hydroxylation sites is 1. The summed E-state index contributed by atoms with van der Waals surface area (Å²) < 4.78 is 10.5. The van der Waals surface area contributed by atoms with Gasteiger partial charge < -0.3 is 24.6 Å². The number of likely N-dealkylation sites (tertiary alicyclic amines) is 1. The number of hydrogen-bond donors (Lipinski definition) is 1. The van der Waals surface area contributed by atoms with E-state index in [0.29, 0.717) is 48.8 Å². The van der Waals surface area contributed by atoms with Gasteiger partial charge in [0.25, 0.3) is 5.91 Å². The molecular formula is C23H26N4O5. The maximum atomic E-state index is 12.9. The summed E-state index contributed by atoms with van der Waals surface area (Å²) in [6.07, 6.45) is 1.22. The van der Waals surface area contributed by atoms with Crippen LogP contribution in [0.2, 0.25) is 0 Å². The molecule has 168 valence electrons. The molecule has 32 heavy (non-hydrogen) atoms. The molecule has 9 heteroatoms. The number of hydrogen-bond acceptors (Lipinski definition) is 5. The third-order valence-corrected chi connectivity index (χ3v) is 5.83. The van der Waals surface area contributed by atoms with Gasteiger partial charge in [-0.1, -0.05) is 18.2 Å². The number of benzene rings is 2. The number of rotatable bonds is 5. The van der Waals surface area contributed by atoms with Crippen LogP contribution in [0.5, 0.6) is 11.5 Å². The normalized spacial score (nSPS) is 17.0. The molecule has 2 saturated heterocycles. The van der Waals surface area contributed by atoms with Crippen molar-refractivity contribution in [2.45, 2.75) is 18.9 Å². The highest BCUT2D eigenvalue weighted by Crippen LogP contribution is 2.30. The van der Waals surface area contributed by atoms with Crippen LogP contribution >= 0.6 is 0 Å². The average molecular weight is 438 g/mol. The largest absolute Gasteiger partial charge is 0.493 e. The molecule has 5 amide bonds. The van der Waals surface area contributed by atoms with Crippen LogP contribution in [0.1, 0.15) is 12.8 Å². The van der Waals surface area contributed by atoms with E-state index in [4.69, 9.17) is 9.47 Å². The number of ether oxygens (including phenoxy) is 2. The predicted molar refractivity (Wildman–Crippen MR) is 119 cm³/mol. The second-order valence-corrected chi connectivity index (χ2v) is 7.69. The van der Waals surface area contributed by atoms with Gasteiger partial charge >= 0.3 is 12.1 Å². The first kappa shape index (κ1) is 21.5. The summed E-state index contributed by atoms with van der Waals surface area (Å²) in [7, 11) is 3.09. The van der Waals surface area contributed by atoms with Gasteiger partial charge in [0, 0.05) is 30.9 Å². The van der Waals surface area contributed by atoms with Gasteiger partial charge in [0.1, 0.15) is 6.54 Å². The molecule has 2 heterocycles. The zero-order valence-electron chi connectivity index (χ0n) is 18.1. The van der Waals surface area contributed by atoms with Gasteiger partial charge in [0.05, 0.1) is 19.9 Å². The van der Waals surface area contributed by atoms with E-state index in [2.05, 4.69) is 5.32 Å². The van der Waals surface area contributed by atoms with Crippen molar-refractivity contribution in [1.29, 1.82) is 0 Å². The van der Waals surface area contributed by atoms with Crippen LogP contribution in [0.25, 0.3) is 0 Å². The van der Waals surface area contributed by atoms with Crippen LogP contribution in [0, 0.1) is 0 Å². The third-order valence-electron chi connectivity index (χ3n) is 5.83. The zero-order chi connectivity index (χ0) is 22.7. The molecular weight excluding hydrogens is 412 g/mol. The number of nitrogens with one attached hydrogen (secondary N) is 1. The lowest BCUT2D eigenvalue weighted by atomic mass is 10.0. The first-order valence-electron chi connectivity index (χ1n) is 10.5. The smallest absolute Gasteiger partial charge is 0.332 e. The van der Waals surface area contributed by atoms with Crippen LogP contribution < -0.4 is 19.7 Å². The molecule has 0 spiro atoms. The highest BCUT2D eigenvalue weighted by molar-refractivity contribution is 6.19. The molecule has 0 aromatic heterocycles. The summed E-state index contributed by atoms with van der Waals surface area (Å²) in [5.41, 5.74) is 1.19. The molecule has 0 saturated carbocycles. The minimum absolute atomic E-state index is 0.0657. The second kappa shape index (κ2) is 9.17. The van der Waals surface area contributed by atoms with Crippen molar-refractivity contribution in [2.24, 2.45) is 0 Å². The van der Waals surface area contributed by atoms with Crippen LogP contribution in [0.15, 0.2) is 48.5 Å². The van der Waals surface area contributed by atoms with Crippen LogP contribution in [0.4, 0.5) is 21.0 Å². The Kier molecular flexibility index (Phi) is 6.16. The number of nitrogens with zero attached hydrogens (tertiary/aromatic N) is 3. The molecule has 4 rings (SSSR count). The van der Waals surface area contributed by atoms with Crippen LogP contribution in [0.3, 0.4) is 0 Å². The maximum Gasteiger partial charge on any atom is 0.332 e. The lowest BCUT2D eigenvalue weighted by Crippen LogP contribution is -2.49. The minimum Gasteiger partial charge on any atom is -0.493 e. The highest BCUT2D eigenvalue weighted by Gasteiger charge is 2.41. The van der Waals surface area contributed by atoms with Crippen molar-refractivity contribution in [3.8, 4) is 11.5 Å². The van der Waals surface area contributed by atoms with Gasteiger partial charge in [-0.25, -0.2) is 14.5 Å². The summed E-state index contributed by atoms with van der Waals surface area (Å²) in [6.45, 7) is 1.05. The van der Waals surface area contributed by atoms with Crippen molar-refractivity contribution < 1.29 is 23.9 Å². The molecule has 2 fully saturated rings. The van der Waals surface area contributed by atoms with Crippen molar-refractivity contribution in [2.75, 3.05) is 44.1 Å². The summed E-state index contributed by atoms with van der Waals surface area (Å²) >= 11 is 0. The number of piperidine rings is 1. The number of urea groups is 2. The Morgan fingerprint density at radius 1 is 0.969 bits per heavy atom. The summed E-state index contributed by atoms with van der Waals surface area (Å²) in [4.78, 5) is 42.7. The fourth-order valence-corrected chi connectivity index (χ4v) is 4.13. The van der Waals surface area contributed by atoms with Crippen LogP contribution in [-0.4, -0.2) is 67.7 Å². The number of carbonyl (C=O) groups excluding carboxylic acids is 3. The van der Waals surface area contributed by atoms with E-state index >= 15 is 0 Å². The van der Waals surface area contributed by atoms with E-state index in [9.17, 15) is 14.4 Å². The van der Waals surface area contributed by atoms with Gasteiger partial charge in [-0.3, -0.25) is 4.79 Å². The lowest BCUT2D eigenvalue weighted by Gasteiger charge is -2.36. The van der Waals surface area contributed by atoms with Crippen molar-refractivity contribution in [1.82, 2.24) is 9.80 Å². The summed E-state index contributed by atoms with van der Waals surface area (Å²) in [6, 6.07) is 13.5. The maximum absolute atomic E-state index is 12.9. The van der Waals surface area contributed by atoms with Gasteiger partial charge in [-0.2, -0.15) is 0 Å². The van der Waals surface area contributed by atoms with E-state index in [1.807, 2.05) is 6.07 Å². The topological polar surface area (TPSA) is 91.4 Å². The molecule has 0 aliphatic carbocycles. The SMILES string of the molecule is COc1ccc(NC(=O)N2CCC(N3CC(=O)N(c4ccccc4)C3=O)CC2)cc1OC. The molecule has 9 nitrogen and oxygen atoms in total. The van der Waals surface area contributed by atoms with Crippen LogP contribution in [-0.2, 0) is 4.79 Å². The average Bonchev–Trinajstić information content (AvgIpc) is 3.13. The van der Waals surface area contributed by atoms with E-state index in [-0.39, 0.29) is 30.6 Å². The van der Waals surface area contributed by atoms with Crippen molar-refractivity contribution in [3.63, 3.8) is 0 Å². The molecule has 2 aromatic carbocycles. The minimum atomic E-state index is -0.297. The van der Waals surface area contributed by atoms with Crippen molar-refractivity contribution in [3.05, 3.63) is 48.5 Å². The van der Waals surface area contributed by atoms with E-state index in [1.54, 1.807) is 59.4 Å². The van der Waals surface area contributed by atoms with E-state index in [0.717, 1.165) is 0 Å². The fraction of sp³-hybridized carbons (Fsp3) is 0.348. The van der Waals surface area contributed by atoms with Gasteiger partial charge in [-0.15, -0.1) is 0 Å². The standard InChI is InChI=1S/C23H26N4O5/c1-31-19-9-8-16(14-20(19)32-2)24-22(29)25-12-10-17(11-13-25)26-15-21(28)27(23(26)30)18-6-4-3-5-7-18/h3-9,14,17H,10-13,15H2,1-2H3,(H,24,29). The van der Waals surface area contributed by atoms with Gasteiger partial charge in [0.2, 0.25) is 0 Å². The number of imide groups is 1. The molecule has 0 unspecified atom stereocenters. The van der Waals surface area contributed by atoms with Gasteiger partial charge in [0.15, 0.2) is 11.5 Å². The Morgan fingerprint density at radius 3 is 2.31 bits per heavy atom. The molecule has 2 aromatic rings. The molecule has 1 N–H and O–H groups in total. The second-order valence-electron chi connectivity index (χ2n) is 7.69. The molecule has 0 radical (unpaired) electrons. The number of carbonyl (C=O) groups is 3. The van der Waals surface area contributed by atoms with E-state index < -0.39 is 0 Å². The number of anilines is 2. The Bertz CT molecular complexity index is 1000. The third kappa shape index (κ3) is 4.18. The molecule has 0 bridgehead atoms. The summed E-state index contributed by atoms with van der Waals surface area (Å²) in [5.74, 6) is 0.889. The molecule has 0 atom stereocenters. The predicted octanol–water partition coefficient (Wildman–Crippen LogP) is 3.17. The first-order valence-corrected chi connectivity index (χ1v) is 10.5. The van der Waals surface area contributed by atoms with Crippen molar-refractivity contribution >= 4 is 29.3 Å². The quantitative estimate of drug-likeness (QED) is 0.724. The Labute approximate surface area is 186 Å². The molecule has 2 aliphatic rings. The summed E-state index contributed by atoms with van der Waals surface area (Å²) in [5, 5.41) is 2.87. The number of methoxy groups -OCH3 is 2. The van der Waals surface area contributed by atoms with Gasteiger partial charge in [-0.05, 0) is 37.1 Å². The number of amides is 5. The van der Waals surface area contributed by atoms with E-state index in [1.165, 1.54) is 12.0 Å². The zero-order valence-corrected chi connectivity index (χ0v) is 18.1. The lowest BCUT2D eigenvalue weighted by molar-refractivity contribution is -0.116. The first-order chi connectivity index (χ1) is 15.5. The Morgan fingerprint density at radius 2 is 1.66 bits per heavy atom. The Hall–Kier alpha value is -3.75. The fourth-order valence-electron chi connectivity index (χ4n) is 4.13. The Balaban J connectivity index is 1.35. The molecule has 2 aliphatic heterocycles.